The third kappa shape index (κ3) is 3.41. The molecule has 0 amide bonds. The van der Waals surface area contributed by atoms with Crippen molar-refractivity contribution >= 4 is 0 Å². The highest BCUT2D eigenvalue weighted by Crippen LogP contribution is 2.32. The van der Waals surface area contributed by atoms with E-state index < -0.39 is 0 Å². The molecule has 1 saturated heterocycles. The monoisotopic (exact) mass is 288 g/mol. The number of hydrogen-bond acceptors (Lipinski definition) is 3. The number of hydrogen-bond donors (Lipinski definition) is 1. The molecule has 0 saturated carbocycles. The highest BCUT2D eigenvalue weighted by molar-refractivity contribution is 5.41. The van der Waals surface area contributed by atoms with Crippen LogP contribution in [0.15, 0.2) is 18.2 Å². The third-order valence-corrected chi connectivity index (χ3v) is 4.98. The molecule has 1 aromatic carbocycles. The second kappa shape index (κ2) is 6.37. The van der Waals surface area contributed by atoms with Gasteiger partial charge in [-0.05, 0) is 56.1 Å². The third-order valence-electron chi connectivity index (χ3n) is 4.98. The lowest BCUT2D eigenvalue weighted by atomic mass is 9.82. The van der Waals surface area contributed by atoms with Crippen molar-refractivity contribution in [3.05, 3.63) is 29.3 Å². The molecule has 3 nitrogen and oxygen atoms in total. The Bertz CT molecular complexity index is 488. The van der Waals surface area contributed by atoms with Crippen LogP contribution in [0.25, 0.3) is 0 Å². The first-order valence-corrected chi connectivity index (χ1v) is 8.37. The van der Waals surface area contributed by atoms with Gasteiger partial charge in [-0.15, -0.1) is 0 Å². The minimum atomic E-state index is 0.296. The molecule has 2 heterocycles. The van der Waals surface area contributed by atoms with Gasteiger partial charge >= 0.3 is 0 Å². The number of piperidine rings is 1. The van der Waals surface area contributed by atoms with E-state index in [1.807, 2.05) is 0 Å². The molecule has 0 aromatic heterocycles. The summed E-state index contributed by atoms with van der Waals surface area (Å²) in [5.41, 5.74) is 3.12. The van der Waals surface area contributed by atoms with Gasteiger partial charge in [-0.3, -0.25) is 0 Å². The summed E-state index contributed by atoms with van der Waals surface area (Å²) in [7, 11) is 0. The van der Waals surface area contributed by atoms with Gasteiger partial charge in [-0.2, -0.15) is 0 Å². The first-order chi connectivity index (χ1) is 10.2. The van der Waals surface area contributed by atoms with E-state index in [2.05, 4.69) is 42.3 Å². The molecule has 116 valence electrons. The van der Waals surface area contributed by atoms with E-state index in [9.17, 15) is 0 Å². The molecule has 1 aromatic rings. The van der Waals surface area contributed by atoms with Crippen molar-refractivity contribution < 1.29 is 4.74 Å². The van der Waals surface area contributed by atoms with Crippen LogP contribution >= 0.6 is 0 Å². The van der Waals surface area contributed by atoms with Crippen molar-refractivity contribution in [3.8, 4) is 5.75 Å². The summed E-state index contributed by atoms with van der Waals surface area (Å²) in [5, 5.41) is 3.43. The maximum absolute atomic E-state index is 6.29. The number of nitrogens with zero attached hydrogens (tertiary/aromatic N) is 1. The molecule has 0 aliphatic carbocycles. The molecule has 3 rings (SSSR count). The van der Waals surface area contributed by atoms with Gasteiger partial charge in [0.2, 0.25) is 0 Å². The number of ether oxygens (including phenoxy) is 1. The molecule has 1 atom stereocenters. The molecule has 0 radical (unpaired) electrons. The highest BCUT2D eigenvalue weighted by Gasteiger charge is 2.31. The minimum Gasteiger partial charge on any atom is -0.493 e. The number of benzene rings is 1. The summed E-state index contributed by atoms with van der Waals surface area (Å²) in [6.07, 6.45) is 3.66. The van der Waals surface area contributed by atoms with Crippen LogP contribution in [-0.4, -0.2) is 37.7 Å². The summed E-state index contributed by atoms with van der Waals surface area (Å²) in [6.45, 7) is 11.1. The lowest BCUT2D eigenvalue weighted by Gasteiger charge is -2.40. The molecule has 1 fully saturated rings. The smallest absolute Gasteiger partial charge is 0.122 e. The van der Waals surface area contributed by atoms with Crippen molar-refractivity contribution in [2.24, 2.45) is 5.41 Å². The normalized spacial score (nSPS) is 26.4. The molecule has 3 heteroatoms. The molecule has 2 aliphatic heterocycles. The number of likely N-dealkylation sites (tertiary alicyclic amines) is 1. The van der Waals surface area contributed by atoms with Crippen molar-refractivity contribution in [3.63, 3.8) is 0 Å². The first-order valence-electron chi connectivity index (χ1n) is 8.37. The molecule has 0 spiro atoms. The average molecular weight is 288 g/mol. The average Bonchev–Trinajstić information content (AvgIpc) is 2.53. The quantitative estimate of drug-likeness (QED) is 0.922. The molecule has 1 N–H and O–H groups in total. The summed E-state index contributed by atoms with van der Waals surface area (Å²) >= 11 is 0. The zero-order valence-corrected chi connectivity index (χ0v) is 13.5. The van der Waals surface area contributed by atoms with E-state index in [4.69, 9.17) is 4.74 Å². The van der Waals surface area contributed by atoms with Crippen LogP contribution in [-0.2, 0) is 13.0 Å². The largest absolute Gasteiger partial charge is 0.493 e. The predicted molar refractivity (Wildman–Crippen MR) is 86.8 cm³/mol. The molecular formula is C18H28N2O. The SMILES string of the molecule is CCN1CCCC(C)(COc2cccc3c2CCNC3)C1. The molecular weight excluding hydrogens is 260 g/mol. The van der Waals surface area contributed by atoms with Crippen LogP contribution < -0.4 is 10.1 Å². The van der Waals surface area contributed by atoms with Crippen molar-refractivity contribution in [1.29, 1.82) is 0 Å². The van der Waals surface area contributed by atoms with Crippen LogP contribution in [0.2, 0.25) is 0 Å². The molecule has 21 heavy (non-hydrogen) atoms. The number of fused-ring (bicyclic) bond motifs is 1. The maximum Gasteiger partial charge on any atom is 0.122 e. The summed E-state index contributed by atoms with van der Waals surface area (Å²) < 4.78 is 6.29. The first kappa shape index (κ1) is 14.9. The Balaban J connectivity index is 1.67. The van der Waals surface area contributed by atoms with E-state index in [0.29, 0.717) is 5.41 Å². The predicted octanol–water partition coefficient (Wildman–Crippen LogP) is 2.83. The molecule has 0 bridgehead atoms. The summed E-state index contributed by atoms with van der Waals surface area (Å²) in [4.78, 5) is 2.55. The Kier molecular flexibility index (Phi) is 4.51. The van der Waals surface area contributed by atoms with E-state index in [1.165, 1.54) is 37.1 Å². The zero-order valence-electron chi connectivity index (χ0n) is 13.5. The Labute approximate surface area is 128 Å². The van der Waals surface area contributed by atoms with Crippen molar-refractivity contribution in [2.45, 2.75) is 39.7 Å². The zero-order chi connectivity index (χ0) is 14.7. The Morgan fingerprint density at radius 1 is 1.38 bits per heavy atom. The van der Waals surface area contributed by atoms with Crippen LogP contribution in [0.3, 0.4) is 0 Å². The Morgan fingerprint density at radius 2 is 2.29 bits per heavy atom. The van der Waals surface area contributed by atoms with Gasteiger partial charge in [0.05, 0.1) is 6.61 Å². The number of rotatable bonds is 4. The molecule has 1 unspecified atom stereocenters. The van der Waals surface area contributed by atoms with E-state index in [1.54, 1.807) is 0 Å². The van der Waals surface area contributed by atoms with Gasteiger partial charge in [-0.1, -0.05) is 26.0 Å². The second-order valence-electron chi connectivity index (χ2n) is 6.89. The van der Waals surface area contributed by atoms with Gasteiger partial charge < -0.3 is 15.0 Å². The van der Waals surface area contributed by atoms with Gasteiger partial charge in [0.25, 0.3) is 0 Å². The van der Waals surface area contributed by atoms with E-state index in [0.717, 1.165) is 38.4 Å². The lowest BCUT2D eigenvalue weighted by Crippen LogP contribution is -2.44. The second-order valence-corrected chi connectivity index (χ2v) is 6.89. The summed E-state index contributed by atoms with van der Waals surface area (Å²) in [5.74, 6) is 1.11. The van der Waals surface area contributed by atoms with E-state index in [-0.39, 0.29) is 0 Å². The number of nitrogens with one attached hydrogen (secondary N) is 1. The van der Waals surface area contributed by atoms with Crippen LogP contribution in [0.1, 0.15) is 37.8 Å². The van der Waals surface area contributed by atoms with Gasteiger partial charge in [0.1, 0.15) is 5.75 Å². The van der Waals surface area contributed by atoms with Crippen LogP contribution in [0.5, 0.6) is 5.75 Å². The van der Waals surface area contributed by atoms with Crippen LogP contribution in [0, 0.1) is 5.41 Å². The maximum atomic E-state index is 6.29. The van der Waals surface area contributed by atoms with Gasteiger partial charge in [0.15, 0.2) is 0 Å². The van der Waals surface area contributed by atoms with Gasteiger partial charge in [0, 0.05) is 18.5 Å². The minimum absolute atomic E-state index is 0.296. The lowest BCUT2D eigenvalue weighted by molar-refractivity contribution is 0.0588. The Morgan fingerprint density at radius 3 is 3.14 bits per heavy atom. The fourth-order valence-corrected chi connectivity index (χ4v) is 3.70. The fraction of sp³-hybridized carbons (Fsp3) is 0.667. The van der Waals surface area contributed by atoms with E-state index >= 15 is 0 Å². The standard InChI is InChI=1S/C18H28N2O/c1-3-20-11-5-9-18(2,13-20)14-21-17-7-4-6-15-12-19-10-8-16(15)17/h4,6-7,19H,3,5,8-14H2,1-2H3. The summed E-state index contributed by atoms with van der Waals surface area (Å²) in [6, 6.07) is 6.49. The molecule has 2 aliphatic rings. The van der Waals surface area contributed by atoms with Crippen molar-refractivity contribution in [1.82, 2.24) is 10.2 Å². The van der Waals surface area contributed by atoms with Crippen LogP contribution in [0.4, 0.5) is 0 Å². The fourth-order valence-electron chi connectivity index (χ4n) is 3.70. The topological polar surface area (TPSA) is 24.5 Å². The highest BCUT2D eigenvalue weighted by atomic mass is 16.5. The Hall–Kier alpha value is -1.06. The van der Waals surface area contributed by atoms with Gasteiger partial charge in [-0.25, -0.2) is 0 Å². The van der Waals surface area contributed by atoms with Crippen molar-refractivity contribution in [2.75, 3.05) is 32.8 Å².